The van der Waals surface area contributed by atoms with Gasteiger partial charge in [0, 0.05) is 11.8 Å². The number of nitrogen functional groups attached to an aromatic ring is 1. The molecule has 21 heavy (non-hydrogen) atoms. The molecule has 0 spiro atoms. The van der Waals surface area contributed by atoms with Crippen molar-refractivity contribution in [3.8, 4) is 0 Å². The van der Waals surface area contributed by atoms with Crippen LogP contribution < -0.4 is 5.73 Å². The van der Waals surface area contributed by atoms with Gasteiger partial charge in [0.25, 0.3) is 0 Å². The Bertz CT molecular complexity index is 694. The first kappa shape index (κ1) is 14.7. The summed E-state index contributed by atoms with van der Waals surface area (Å²) in [7, 11) is 1.30. The number of nitrogens with zero attached hydrogens (tertiary/aromatic N) is 1. The fraction of sp³-hybridized carbons (Fsp3) is 0.125. The Hall–Kier alpha value is -2.69. The van der Waals surface area contributed by atoms with Gasteiger partial charge in [-0.15, -0.1) is 0 Å². The zero-order chi connectivity index (χ0) is 15.4. The molecule has 0 atom stereocenters. The lowest BCUT2D eigenvalue weighted by Gasteiger charge is -2.06. The molecule has 0 fully saturated rings. The van der Waals surface area contributed by atoms with Crippen LogP contribution in [0.5, 0.6) is 0 Å². The Kier molecular flexibility index (Phi) is 4.33. The van der Waals surface area contributed by atoms with Crippen LogP contribution in [0.25, 0.3) is 11.6 Å². The summed E-state index contributed by atoms with van der Waals surface area (Å²) in [5.74, 6) is -0.457. The molecule has 1 aromatic carbocycles. The molecule has 1 heterocycles. The second-order valence-corrected chi connectivity index (χ2v) is 4.52. The summed E-state index contributed by atoms with van der Waals surface area (Å²) in [6.07, 6.45) is 3.16. The van der Waals surface area contributed by atoms with E-state index in [1.54, 1.807) is 24.3 Å². The molecular weight excluding hydrogens is 271 g/mol. The number of allylic oxidation sites excluding steroid dienone is 1. The highest BCUT2D eigenvalue weighted by molar-refractivity contribution is 5.91. The predicted octanol–water partition coefficient (Wildman–Crippen LogP) is 3.15. The molecule has 2 aromatic rings. The lowest BCUT2D eigenvalue weighted by atomic mass is 10.0. The number of rotatable bonds is 3. The number of benzene rings is 1. The minimum absolute atomic E-state index is 0.291. The topological polar surface area (TPSA) is 65.2 Å². The van der Waals surface area contributed by atoms with Gasteiger partial charge >= 0.3 is 5.97 Å². The van der Waals surface area contributed by atoms with Crippen molar-refractivity contribution in [3.63, 3.8) is 0 Å². The van der Waals surface area contributed by atoms with E-state index in [9.17, 15) is 9.18 Å². The van der Waals surface area contributed by atoms with E-state index in [1.165, 1.54) is 25.4 Å². The minimum atomic E-state index is -0.475. The van der Waals surface area contributed by atoms with Crippen LogP contribution in [0.15, 0.2) is 36.5 Å². The summed E-state index contributed by atoms with van der Waals surface area (Å²) >= 11 is 0. The molecule has 0 saturated carbocycles. The van der Waals surface area contributed by atoms with Crippen LogP contribution in [0.2, 0.25) is 0 Å². The SMILES string of the molecule is COC(=O)c1cnc(N)c(/C=C(\C)c2ccc(F)cc2)c1. The van der Waals surface area contributed by atoms with Crippen molar-refractivity contribution < 1.29 is 13.9 Å². The van der Waals surface area contributed by atoms with Crippen molar-refractivity contribution in [2.75, 3.05) is 12.8 Å². The number of ether oxygens (including phenoxy) is 1. The highest BCUT2D eigenvalue weighted by Crippen LogP contribution is 2.21. The number of nitrogens with two attached hydrogens (primary N) is 1. The van der Waals surface area contributed by atoms with Crippen molar-refractivity contribution in [3.05, 3.63) is 59.0 Å². The summed E-state index contributed by atoms with van der Waals surface area (Å²) in [5.41, 5.74) is 8.49. The van der Waals surface area contributed by atoms with Crippen LogP contribution in [-0.4, -0.2) is 18.1 Å². The van der Waals surface area contributed by atoms with Crippen LogP contribution >= 0.6 is 0 Å². The van der Waals surface area contributed by atoms with E-state index in [0.717, 1.165) is 11.1 Å². The van der Waals surface area contributed by atoms with Gasteiger partial charge in [-0.1, -0.05) is 12.1 Å². The summed E-state index contributed by atoms with van der Waals surface area (Å²) in [4.78, 5) is 15.5. The zero-order valence-electron chi connectivity index (χ0n) is 11.8. The lowest BCUT2D eigenvalue weighted by molar-refractivity contribution is 0.0600. The monoisotopic (exact) mass is 286 g/mol. The van der Waals surface area contributed by atoms with Gasteiger partial charge in [0.1, 0.15) is 11.6 Å². The number of carbonyl (C=O) groups excluding carboxylic acids is 1. The molecule has 1 aromatic heterocycles. The number of halogens is 1. The molecule has 0 aliphatic carbocycles. The maximum absolute atomic E-state index is 12.9. The maximum atomic E-state index is 12.9. The zero-order valence-corrected chi connectivity index (χ0v) is 11.8. The van der Waals surface area contributed by atoms with E-state index in [-0.39, 0.29) is 5.82 Å². The van der Waals surface area contributed by atoms with E-state index in [4.69, 9.17) is 5.73 Å². The molecule has 0 amide bonds. The Morgan fingerprint density at radius 2 is 1.95 bits per heavy atom. The van der Waals surface area contributed by atoms with Crippen LogP contribution in [0, 0.1) is 5.82 Å². The van der Waals surface area contributed by atoms with Crippen LogP contribution in [0.4, 0.5) is 10.2 Å². The third-order valence-corrected chi connectivity index (χ3v) is 3.04. The average molecular weight is 286 g/mol. The van der Waals surface area contributed by atoms with E-state index in [0.29, 0.717) is 16.9 Å². The summed E-state index contributed by atoms with van der Waals surface area (Å²) < 4.78 is 17.6. The van der Waals surface area contributed by atoms with Crippen LogP contribution in [-0.2, 0) is 4.74 Å². The molecule has 0 saturated heterocycles. The normalized spacial score (nSPS) is 11.3. The van der Waals surface area contributed by atoms with Crippen molar-refractivity contribution >= 4 is 23.4 Å². The highest BCUT2D eigenvalue weighted by atomic mass is 19.1. The summed E-state index contributed by atoms with van der Waals surface area (Å²) in [5, 5.41) is 0. The molecule has 2 rings (SSSR count). The second-order valence-electron chi connectivity index (χ2n) is 4.52. The molecule has 0 radical (unpaired) electrons. The second kappa shape index (κ2) is 6.17. The maximum Gasteiger partial charge on any atom is 0.339 e. The Labute approximate surface area is 122 Å². The standard InChI is InChI=1S/C16H15FN2O2/c1-10(11-3-5-14(17)6-4-11)7-12-8-13(16(20)21-2)9-19-15(12)18/h3-9H,1-2H3,(H2,18,19)/b10-7+. The molecule has 5 heteroatoms. The smallest absolute Gasteiger partial charge is 0.339 e. The number of anilines is 1. The predicted molar refractivity (Wildman–Crippen MR) is 79.9 cm³/mol. The van der Waals surface area contributed by atoms with Gasteiger partial charge in [-0.2, -0.15) is 0 Å². The van der Waals surface area contributed by atoms with Crippen molar-refractivity contribution in [2.45, 2.75) is 6.92 Å². The van der Waals surface area contributed by atoms with Gasteiger partial charge in [0.2, 0.25) is 0 Å². The van der Waals surface area contributed by atoms with E-state index >= 15 is 0 Å². The van der Waals surface area contributed by atoms with Crippen LogP contribution in [0.1, 0.15) is 28.4 Å². The van der Waals surface area contributed by atoms with Crippen molar-refractivity contribution in [1.29, 1.82) is 0 Å². The number of aromatic nitrogens is 1. The first-order valence-electron chi connectivity index (χ1n) is 6.29. The van der Waals surface area contributed by atoms with Crippen molar-refractivity contribution in [2.24, 2.45) is 0 Å². The number of pyridine rings is 1. The van der Waals surface area contributed by atoms with E-state index in [1.807, 2.05) is 6.92 Å². The van der Waals surface area contributed by atoms with E-state index < -0.39 is 5.97 Å². The van der Waals surface area contributed by atoms with Crippen LogP contribution in [0.3, 0.4) is 0 Å². The molecule has 0 bridgehead atoms. The van der Waals surface area contributed by atoms with Gasteiger partial charge in [0.05, 0.1) is 12.7 Å². The van der Waals surface area contributed by atoms with Gasteiger partial charge in [-0.3, -0.25) is 0 Å². The molecule has 0 unspecified atom stereocenters. The minimum Gasteiger partial charge on any atom is -0.465 e. The highest BCUT2D eigenvalue weighted by Gasteiger charge is 2.09. The third kappa shape index (κ3) is 3.45. The fourth-order valence-electron chi connectivity index (χ4n) is 1.87. The lowest BCUT2D eigenvalue weighted by Crippen LogP contribution is -2.04. The van der Waals surface area contributed by atoms with E-state index in [2.05, 4.69) is 9.72 Å². The molecule has 0 aliphatic rings. The van der Waals surface area contributed by atoms with Crippen molar-refractivity contribution in [1.82, 2.24) is 4.98 Å². The molecule has 2 N–H and O–H groups in total. The number of esters is 1. The van der Waals surface area contributed by atoms with Gasteiger partial charge in [0.15, 0.2) is 0 Å². The Balaban J connectivity index is 2.39. The number of hydrogen-bond acceptors (Lipinski definition) is 4. The Morgan fingerprint density at radius 3 is 2.57 bits per heavy atom. The third-order valence-electron chi connectivity index (χ3n) is 3.04. The summed E-state index contributed by atoms with van der Waals surface area (Å²) in [6.45, 7) is 1.87. The first-order chi connectivity index (χ1) is 10.0. The van der Waals surface area contributed by atoms with Gasteiger partial charge < -0.3 is 10.5 Å². The molecular formula is C16H15FN2O2. The van der Waals surface area contributed by atoms with Gasteiger partial charge in [-0.05, 0) is 42.3 Å². The largest absolute Gasteiger partial charge is 0.465 e. The number of methoxy groups -OCH3 is 1. The average Bonchev–Trinajstić information content (AvgIpc) is 2.49. The first-order valence-corrected chi connectivity index (χ1v) is 6.29. The molecule has 0 aliphatic heterocycles. The fourth-order valence-corrected chi connectivity index (χ4v) is 1.87. The Morgan fingerprint density at radius 1 is 1.29 bits per heavy atom. The molecule has 4 nitrogen and oxygen atoms in total. The quantitative estimate of drug-likeness (QED) is 0.880. The summed E-state index contributed by atoms with van der Waals surface area (Å²) in [6, 6.07) is 7.74. The van der Waals surface area contributed by atoms with Gasteiger partial charge in [-0.25, -0.2) is 14.2 Å². The number of hydrogen-bond donors (Lipinski definition) is 1. The molecule has 108 valence electrons. The number of carbonyl (C=O) groups is 1.